The van der Waals surface area contributed by atoms with Crippen molar-refractivity contribution in [3.8, 4) is 0 Å². The van der Waals surface area contributed by atoms with E-state index in [1.807, 2.05) is 24.3 Å². The molecule has 2 aliphatic rings. The first kappa shape index (κ1) is 26.0. The molecule has 12 heteroatoms. The van der Waals surface area contributed by atoms with E-state index in [4.69, 9.17) is 15.9 Å². The van der Waals surface area contributed by atoms with Crippen LogP contribution in [0.2, 0.25) is 0 Å². The lowest BCUT2D eigenvalue weighted by atomic mass is 9.98. The van der Waals surface area contributed by atoms with Crippen LogP contribution in [0, 0.1) is 11.3 Å². The van der Waals surface area contributed by atoms with E-state index in [0.717, 1.165) is 23.6 Å². The molecule has 0 bridgehead atoms. The molecule has 2 fully saturated rings. The minimum Gasteiger partial charge on any atom is -0.378 e. The summed E-state index contributed by atoms with van der Waals surface area (Å²) in [6.07, 6.45) is 1.63. The smallest absolute Gasteiger partial charge is 0.335 e. The number of urea groups is 1. The first-order chi connectivity index (χ1) is 15.8. The third-order valence-corrected chi connectivity index (χ3v) is 7.41. The summed E-state index contributed by atoms with van der Waals surface area (Å²) in [4.78, 5) is 19.3. The van der Waals surface area contributed by atoms with E-state index in [1.165, 1.54) is 5.01 Å². The summed E-state index contributed by atoms with van der Waals surface area (Å²) in [6, 6.07) is 12.0. The maximum atomic E-state index is 13.3. The van der Waals surface area contributed by atoms with E-state index >= 15 is 0 Å². The molecule has 4 N–H and O–H groups in total. The minimum absolute atomic E-state index is 0. The number of nitrogens with two attached hydrogens (primary N) is 1. The molecule has 4 rings (SSSR count). The second-order valence-electron chi connectivity index (χ2n) is 8.44. The van der Waals surface area contributed by atoms with Gasteiger partial charge in [0.2, 0.25) is 0 Å². The molecule has 186 valence electrons. The minimum atomic E-state index is -4.00. The Morgan fingerprint density at radius 1 is 1.12 bits per heavy atom. The number of hydrazine groups is 1. The molecule has 2 aromatic rings. The fourth-order valence-electron chi connectivity index (χ4n) is 4.30. The number of fused-ring (bicyclic) bond motifs is 1. The molecule has 34 heavy (non-hydrogen) atoms. The lowest BCUT2D eigenvalue weighted by Crippen LogP contribution is -2.57. The summed E-state index contributed by atoms with van der Waals surface area (Å²) in [5.74, 6) is -0.0329. The molecule has 0 saturated carbocycles. The van der Waals surface area contributed by atoms with Crippen LogP contribution in [0.1, 0.15) is 12.8 Å². The number of sulfonamides is 1. The third-order valence-electron chi connectivity index (χ3n) is 6.07. The van der Waals surface area contributed by atoms with Crippen molar-refractivity contribution < 1.29 is 17.9 Å². The molecular weight excluding hydrogens is 480 g/mol. The fraction of sp³-hybridized carbons (Fsp3) is 0.455. The Hall–Kier alpha value is -2.60. The summed E-state index contributed by atoms with van der Waals surface area (Å²) in [7, 11) is -4.00. The van der Waals surface area contributed by atoms with E-state index in [0.29, 0.717) is 39.4 Å². The van der Waals surface area contributed by atoms with Crippen LogP contribution in [0.5, 0.6) is 0 Å². The number of ether oxygens (including phenoxy) is 1. The monoisotopic (exact) mass is 510 g/mol. The Morgan fingerprint density at radius 2 is 1.82 bits per heavy atom. The van der Waals surface area contributed by atoms with Crippen molar-refractivity contribution in [1.29, 1.82) is 5.41 Å². The Bertz CT molecular complexity index is 1130. The van der Waals surface area contributed by atoms with Crippen molar-refractivity contribution >= 4 is 45.2 Å². The molecule has 0 spiro atoms. The Balaban J connectivity index is 0.00000324. The highest BCUT2D eigenvalue weighted by atomic mass is 35.5. The zero-order valence-electron chi connectivity index (χ0n) is 18.9. The fourth-order valence-corrected chi connectivity index (χ4v) is 5.38. The Morgan fingerprint density at radius 3 is 2.53 bits per heavy atom. The molecule has 0 aliphatic carbocycles. The van der Waals surface area contributed by atoms with Gasteiger partial charge in [-0.25, -0.2) is 18.2 Å². The molecule has 1 atom stereocenters. The van der Waals surface area contributed by atoms with E-state index in [2.05, 4.69) is 4.83 Å². The number of carbonyl (C=O) groups excluding carboxylic acids is 1. The van der Waals surface area contributed by atoms with Gasteiger partial charge in [-0.2, -0.15) is 0 Å². The van der Waals surface area contributed by atoms with Gasteiger partial charge >= 0.3 is 6.03 Å². The number of benzene rings is 2. The number of guanidine groups is 1. The Labute approximate surface area is 205 Å². The van der Waals surface area contributed by atoms with Gasteiger partial charge in [-0.3, -0.25) is 5.41 Å². The highest BCUT2D eigenvalue weighted by Crippen LogP contribution is 2.21. The number of carbonyl (C=O) groups is 1. The SMILES string of the molecule is Cl.N=C(N)N1CCCC(CN(NS(=O)(=O)c2ccc3ccccc3c2)C(=O)N2CCOCC2)C1. The van der Waals surface area contributed by atoms with Crippen LogP contribution in [0.3, 0.4) is 0 Å². The normalized spacial score (nSPS) is 18.9. The predicted molar refractivity (Wildman–Crippen MR) is 132 cm³/mol. The van der Waals surface area contributed by atoms with Gasteiger partial charge in [0.05, 0.1) is 18.1 Å². The predicted octanol–water partition coefficient (Wildman–Crippen LogP) is 1.81. The van der Waals surface area contributed by atoms with E-state index in [1.54, 1.807) is 28.0 Å². The van der Waals surface area contributed by atoms with Crippen LogP contribution < -0.4 is 10.6 Å². The molecule has 2 aromatic carbocycles. The zero-order valence-corrected chi connectivity index (χ0v) is 20.5. The largest absolute Gasteiger partial charge is 0.378 e. The molecule has 2 amide bonds. The van der Waals surface area contributed by atoms with Crippen molar-refractivity contribution in [2.45, 2.75) is 17.7 Å². The first-order valence-corrected chi connectivity index (χ1v) is 12.6. The number of amides is 2. The number of nitrogens with one attached hydrogen (secondary N) is 2. The van der Waals surface area contributed by atoms with Crippen molar-refractivity contribution in [1.82, 2.24) is 19.6 Å². The number of hydrogen-bond acceptors (Lipinski definition) is 5. The van der Waals surface area contributed by atoms with Crippen molar-refractivity contribution in [3.05, 3.63) is 42.5 Å². The first-order valence-electron chi connectivity index (χ1n) is 11.1. The van der Waals surface area contributed by atoms with Crippen LogP contribution in [0.15, 0.2) is 47.4 Å². The maximum Gasteiger partial charge on any atom is 0.335 e. The van der Waals surface area contributed by atoms with Crippen LogP contribution in [-0.4, -0.2) is 81.2 Å². The van der Waals surface area contributed by atoms with Gasteiger partial charge in [-0.1, -0.05) is 30.3 Å². The van der Waals surface area contributed by atoms with Gasteiger partial charge in [0.15, 0.2) is 5.96 Å². The molecule has 10 nitrogen and oxygen atoms in total. The summed E-state index contributed by atoms with van der Waals surface area (Å²) in [6.45, 7) is 3.00. The number of hydrogen-bond donors (Lipinski definition) is 3. The highest BCUT2D eigenvalue weighted by molar-refractivity contribution is 7.89. The van der Waals surface area contributed by atoms with Gasteiger partial charge in [0.1, 0.15) is 0 Å². The second-order valence-corrected chi connectivity index (χ2v) is 10.1. The molecule has 1 unspecified atom stereocenters. The third kappa shape index (κ3) is 6.09. The summed E-state index contributed by atoms with van der Waals surface area (Å²) < 4.78 is 31.9. The van der Waals surface area contributed by atoms with E-state index < -0.39 is 16.1 Å². The molecule has 0 radical (unpaired) electrons. The molecule has 0 aromatic heterocycles. The zero-order chi connectivity index (χ0) is 23.4. The standard InChI is InChI=1S/C22H30N6O4S.ClH/c23-21(24)27-9-3-4-17(15-27)16-28(22(29)26-10-12-32-13-11-26)25-33(30,31)20-8-7-18-5-1-2-6-19(18)14-20;/h1-2,5-8,14,17,25H,3-4,9-13,15-16H2,(H3,23,24);1H. The van der Waals surface area contributed by atoms with Gasteiger partial charge < -0.3 is 20.3 Å². The van der Waals surface area contributed by atoms with Crippen LogP contribution in [0.4, 0.5) is 4.79 Å². The van der Waals surface area contributed by atoms with E-state index in [9.17, 15) is 13.2 Å². The lowest BCUT2D eigenvalue weighted by Gasteiger charge is -2.38. The van der Waals surface area contributed by atoms with Crippen molar-refractivity contribution in [3.63, 3.8) is 0 Å². The quantitative estimate of drug-likeness (QED) is 0.319. The molecule has 2 heterocycles. The number of likely N-dealkylation sites (tertiary alicyclic amines) is 1. The molecule has 2 saturated heterocycles. The Kier molecular flexibility index (Phi) is 8.58. The number of morpholine rings is 1. The average Bonchev–Trinajstić information content (AvgIpc) is 2.83. The van der Waals surface area contributed by atoms with Crippen molar-refractivity contribution in [2.24, 2.45) is 11.7 Å². The van der Waals surface area contributed by atoms with Gasteiger partial charge in [-0.15, -0.1) is 17.2 Å². The molecular formula is C22H31ClN6O4S. The number of nitrogens with zero attached hydrogens (tertiary/aromatic N) is 3. The number of rotatable bonds is 5. The maximum absolute atomic E-state index is 13.3. The van der Waals surface area contributed by atoms with Crippen LogP contribution >= 0.6 is 12.4 Å². The summed E-state index contributed by atoms with van der Waals surface area (Å²) >= 11 is 0. The van der Waals surface area contributed by atoms with Gasteiger partial charge in [0.25, 0.3) is 10.0 Å². The lowest BCUT2D eigenvalue weighted by molar-refractivity contribution is 0.0383. The van der Waals surface area contributed by atoms with Gasteiger partial charge in [-0.05, 0) is 41.7 Å². The molecule has 2 aliphatic heterocycles. The number of piperidine rings is 1. The van der Waals surface area contributed by atoms with Crippen molar-refractivity contribution in [2.75, 3.05) is 45.9 Å². The number of halogens is 1. The van der Waals surface area contributed by atoms with E-state index in [-0.39, 0.29) is 35.7 Å². The van der Waals surface area contributed by atoms with Crippen LogP contribution in [-0.2, 0) is 14.8 Å². The average molecular weight is 511 g/mol. The van der Waals surface area contributed by atoms with Crippen LogP contribution in [0.25, 0.3) is 10.8 Å². The highest BCUT2D eigenvalue weighted by Gasteiger charge is 2.31. The topological polar surface area (TPSA) is 132 Å². The second kappa shape index (κ2) is 11.2. The summed E-state index contributed by atoms with van der Waals surface area (Å²) in [5.41, 5.74) is 5.66. The van der Waals surface area contributed by atoms with Gasteiger partial charge in [0, 0.05) is 32.7 Å². The summed E-state index contributed by atoms with van der Waals surface area (Å²) in [5, 5.41) is 10.7.